The zero-order valence-electron chi connectivity index (χ0n) is 10.8. The Morgan fingerprint density at radius 1 is 1.20 bits per heavy atom. The monoisotopic (exact) mass is 309 g/mol. The van der Waals surface area contributed by atoms with Crippen LogP contribution in [0.1, 0.15) is 24.8 Å². The van der Waals surface area contributed by atoms with Gasteiger partial charge in [0.05, 0.1) is 0 Å². The molecule has 112 valence electrons. The van der Waals surface area contributed by atoms with Crippen LogP contribution in [0.15, 0.2) is 11.4 Å². The van der Waals surface area contributed by atoms with Crippen LogP contribution in [0, 0.1) is 0 Å². The third-order valence-electron chi connectivity index (χ3n) is 3.04. The van der Waals surface area contributed by atoms with Gasteiger partial charge in [-0.1, -0.05) is 0 Å². The van der Waals surface area contributed by atoms with E-state index in [1.165, 1.54) is 4.90 Å². The molecule has 1 saturated heterocycles. The highest BCUT2D eigenvalue weighted by Crippen LogP contribution is 2.36. The SMILES string of the molecule is CS(=O)(=O)c1ncc(C(F)(F)F)c(N2CCCCC2)n1. The highest BCUT2D eigenvalue weighted by Gasteiger charge is 2.37. The molecular weight excluding hydrogens is 295 g/mol. The third-order valence-corrected chi connectivity index (χ3v) is 3.90. The number of hydrogen-bond acceptors (Lipinski definition) is 5. The number of rotatable bonds is 2. The average molecular weight is 309 g/mol. The smallest absolute Gasteiger partial charge is 0.356 e. The fourth-order valence-corrected chi connectivity index (χ4v) is 2.58. The van der Waals surface area contributed by atoms with E-state index in [2.05, 4.69) is 9.97 Å². The van der Waals surface area contributed by atoms with Crippen molar-refractivity contribution in [1.82, 2.24) is 9.97 Å². The van der Waals surface area contributed by atoms with Crippen LogP contribution in [0.3, 0.4) is 0 Å². The molecule has 1 aromatic heterocycles. The van der Waals surface area contributed by atoms with Gasteiger partial charge in [-0.2, -0.15) is 13.2 Å². The quantitative estimate of drug-likeness (QED) is 0.781. The first-order chi connectivity index (χ1) is 9.19. The molecule has 0 aromatic carbocycles. The van der Waals surface area contributed by atoms with Gasteiger partial charge in [0, 0.05) is 25.5 Å². The molecule has 0 unspecified atom stereocenters. The van der Waals surface area contributed by atoms with E-state index in [9.17, 15) is 21.6 Å². The molecule has 0 saturated carbocycles. The second-order valence-electron chi connectivity index (χ2n) is 4.71. The minimum Gasteiger partial charge on any atom is -0.356 e. The van der Waals surface area contributed by atoms with Crippen LogP contribution in [0.25, 0.3) is 0 Å². The lowest BCUT2D eigenvalue weighted by atomic mass is 10.1. The van der Waals surface area contributed by atoms with E-state index in [1.807, 2.05) is 0 Å². The number of piperidine rings is 1. The highest BCUT2D eigenvalue weighted by molar-refractivity contribution is 7.90. The van der Waals surface area contributed by atoms with Crippen molar-refractivity contribution in [2.24, 2.45) is 0 Å². The fourth-order valence-electron chi connectivity index (χ4n) is 2.08. The van der Waals surface area contributed by atoms with Gasteiger partial charge in [0.25, 0.3) is 0 Å². The summed E-state index contributed by atoms with van der Waals surface area (Å²) in [6.07, 6.45) is -0.724. The van der Waals surface area contributed by atoms with Crippen LogP contribution in [-0.2, 0) is 16.0 Å². The molecule has 0 N–H and O–H groups in total. The number of sulfone groups is 1. The van der Waals surface area contributed by atoms with Gasteiger partial charge < -0.3 is 4.90 Å². The zero-order chi connectivity index (χ0) is 15.0. The summed E-state index contributed by atoms with van der Waals surface area (Å²) < 4.78 is 61.7. The molecule has 0 atom stereocenters. The summed E-state index contributed by atoms with van der Waals surface area (Å²) in [7, 11) is -3.74. The van der Waals surface area contributed by atoms with Gasteiger partial charge in [0.1, 0.15) is 11.4 Å². The number of hydrogen-bond donors (Lipinski definition) is 0. The van der Waals surface area contributed by atoms with E-state index < -0.39 is 26.7 Å². The number of nitrogens with zero attached hydrogens (tertiary/aromatic N) is 3. The molecule has 0 aliphatic carbocycles. The van der Waals surface area contributed by atoms with Crippen molar-refractivity contribution in [3.8, 4) is 0 Å². The lowest BCUT2D eigenvalue weighted by Crippen LogP contribution is -2.33. The second kappa shape index (κ2) is 5.19. The minimum atomic E-state index is -4.61. The maximum atomic E-state index is 13.0. The molecule has 9 heteroatoms. The van der Waals surface area contributed by atoms with E-state index in [1.54, 1.807) is 0 Å². The van der Waals surface area contributed by atoms with Crippen molar-refractivity contribution in [1.29, 1.82) is 0 Å². The van der Waals surface area contributed by atoms with Gasteiger partial charge in [-0.15, -0.1) is 0 Å². The van der Waals surface area contributed by atoms with Crippen molar-refractivity contribution in [2.75, 3.05) is 24.2 Å². The first-order valence-corrected chi connectivity index (χ1v) is 7.98. The van der Waals surface area contributed by atoms with Gasteiger partial charge in [0.15, 0.2) is 0 Å². The molecule has 1 aromatic rings. The normalized spacial score (nSPS) is 17.3. The summed E-state index contributed by atoms with van der Waals surface area (Å²) >= 11 is 0. The van der Waals surface area contributed by atoms with Crippen molar-refractivity contribution >= 4 is 15.7 Å². The molecule has 20 heavy (non-hydrogen) atoms. The van der Waals surface area contributed by atoms with Crippen LogP contribution >= 0.6 is 0 Å². The molecule has 1 aliphatic rings. The summed E-state index contributed by atoms with van der Waals surface area (Å²) in [5.41, 5.74) is -0.994. The standard InChI is InChI=1S/C11H14F3N3O2S/c1-20(18,19)10-15-7-8(11(12,13)14)9(16-10)17-5-3-2-4-6-17/h7H,2-6H2,1H3. The summed E-state index contributed by atoms with van der Waals surface area (Å²) in [4.78, 5) is 8.44. The predicted molar refractivity (Wildman–Crippen MR) is 66.2 cm³/mol. The Kier molecular flexibility index (Phi) is 3.90. The Balaban J connectivity index is 2.53. The Bertz CT molecular complexity index is 595. The van der Waals surface area contributed by atoms with Gasteiger partial charge >= 0.3 is 6.18 Å². The van der Waals surface area contributed by atoms with Gasteiger partial charge in [-0.05, 0) is 19.3 Å². The first kappa shape index (κ1) is 15.0. The first-order valence-electron chi connectivity index (χ1n) is 6.09. The van der Waals surface area contributed by atoms with Crippen LogP contribution in [-0.4, -0.2) is 37.7 Å². The number of alkyl halides is 3. The molecule has 0 bridgehead atoms. The minimum absolute atomic E-state index is 0.340. The fraction of sp³-hybridized carbons (Fsp3) is 0.636. The zero-order valence-corrected chi connectivity index (χ0v) is 11.6. The molecule has 5 nitrogen and oxygen atoms in total. The summed E-state index contributed by atoms with van der Waals surface area (Å²) in [6, 6.07) is 0. The largest absolute Gasteiger partial charge is 0.421 e. The summed E-state index contributed by atoms with van der Waals surface area (Å²) in [5, 5.41) is -0.578. The van der Waals surface area contributed by atoms with Crippen LogP contribution in [0.4, 0.5) is 19.0 Å². The van der Waals surface area contributed by atoms with E-state index in [0.717, 1.165) is 25.5 Å². The molecule has 0 amide bonds. The number of anilines is 1. The molecular formula is C11H14F3N3O2S. The van der Waals surface area contributed by atoms with Gasteiger partial charge in [-0.25, -0.2) is 18.4 Å². The molecule has 0 radical (unpaired) electrons. The maximum Gasteiger partial charge on any atom is 0.421 e. The average Bonchev–Trinajstić information content (AvgIpc) is 2.37. The summed E-state index contributed by atoms with van der Waals surface area (Å²) in [5.74, 6) is -0.340. The highest BCUT2D eigenvalue weighted by atomic mass is 32.2. The second-order valence-corrected chi connectivity index (χ2v) is 6.62. The Morgan fingerprint density at radius 2 is 1.80 bits per heavy atom. The van der Waals surface area contributed by atoms with Crippen molar-refractivity contribution in [3.63, 3.8) is 0 Å². The predicted octanol–water partition coefficient (Wildman–Crippen LogP) is 1.89. The molecule has 2 rings (SSSR count). The van der Waals surface area contributed by atoms with Crippen LogP contribution in [0.2, 0.25) is 0 Å². The van der Waals surface area contributed by atoms with Crippen molar-refractivity contribution < 1.29 is 21.6 Å². The van der Waals surface area contributed by atoms with Gasteiger partial charge in [-0.3, -0.25) is 0 Å². The van der Waals surface area contributed by atoms with Crippen molar-refractivity contribution in [2.45, 2.75) is 30.6 Å². The maximum absolute atomic E-state index is 13.0. The van der Waals surface area contributed by atoms with Crippen LogP contribution < -0.4 is 4.90 Å². The van der Waals surface area contributed by atoms with E-state index >= 15 is 0 Å². The molecule has 1 aliphatic heterocycles. The van der Waals surface area contributed by atoms with Crippen molar-refractivity contribution in [3.05, 3.63) is 11.8 Å². The molecule has 1 fully saturated rings. The van der Waals surface area contributed by atoms with E-state index in [0.29, 0.717) is 19.3 Å². The van der Waals surface area contributed by atoms with E-state index in [4.69, 9.17) is 0 Å². The number of halogens is 3. The lowest BCUT2D eigenvalue weighted by Gasteiger charge is -2.29. The molecule has 0 spiro atoms. The van der Waals surface area contributed by atoms with Crippen LogP contribution in [0.5, 0.6) is 0 Å². The third kappa shape index (κ3) is 3.20. The lowest BCUT2D eigenvalue weighted by molar-refractivity contribution is -0.137. The topological polar surface area (TPSA) is 63.2 Å². The Hall–Kier alpha value is -1.38. The number of aromatic nitrogens is 2. The van der Waals surface area contributed by atoms with Gasteiger partial charge in [0.2, 0.25) is 15.0 Å². The molecule has 2 heterocycles. The van der Waals surface area contributed by atoms with E-state index in [-0.39, 0.29) is 5.82 Å². The Morgan fingerprint density at radius 3 is 2.30 bits per heavy atom. The Labute approximate surface area is 114 Å². The summed E-state index contributed by atoms with van der Waals surface area (Å²) in [6.45, 7) is 0.868.